The third-order valence-corrected chi connectivity index (χ3v) is 6.05. The molecule has 1 saturated heterocycles. The van der Waals surface area contributed by atoms with E-state index in [-0.39, 0.29) is 34.3 Å². The van der Waals surface area contributed by atoms with E-state index >= 15 is 0 Å². The Morgan fingerprint density at radius 3 is 1.74 bits per heavy atom. The zero-order chi connectivity index (χ0) is 25.5. The van der Waals surface area contributed by atoms with Gasteiger partial charge in [-0.1, -0.05) is 47.5 Å². The molecule has 0 saturated carbocycles. The van der Waals surface area contributed by atoms with E-state index in [1.165, 1.54) is 17.0 Å². The Hall–Kier alpha value is -3.62. The SMILES string of the molecule is O=C(/C=C(\O)c1ccccc1Cl)C(=O)NC1CCN(C(=O)C(=O)/C=C(\O)c2ccccc2Cl)CC1. The fourth-order valence-corrected chi connectivity index (χ4v) is 3.97. The summed E-state index contributed by atoms with van der Waals surface area (Å²) in [4.78, 5) is 50.5. The van der Waals surface area contributed by atoms with Gasteiger partial charge in [-0.3, -0.25) is 19.2 Å². The van der Waals surface area contributed by atoms with Crippen molar-refractivity contribution in [2.45, 2.75) is 18.9 Å². The maximum absolute atomic E-state index is 12.5. The van der Waals surface area contributed by atoms with Crippen molar-refractivity contribution in [3.05, 3.63) is 81.9 Å². The summed E-state index contributed by atoms with van der Waals surface area (Å²) in [5, 5.41) is 23.3. The van der Waals surface area contributed by atoms with Crippen molar-refractivity contribution < 1.29 is 29.4 Å². The highest BCUT2D eigenvalue weighted by atomic mass is 35.5. The molecule has 10 heteroatoms. The number of hydrogen-bond donors (Lipinski definition) is 3. The van der Waals surface area contributed by atoms with Crippen molar-refractivity contribution in [1.82, 2.24) is 10.2 Å². The second-order valence-electron chi connectivity index (χ2n) is 7.79. The second kappa shape index (κ2) is 11.7. The number of carbonyl (C=O) groups is 4. The normalized spacial score (nSPS) is 15.0. The molecule has 1 heterocycles. The molecule has 0 unspecified atom stereocenters. The van der Waals surface area contributed by atoms with Gasteiger partial charge in [-0.2, -0.15) is 0 Å². The van der Waals surface area contributed by atoms with Gasteiger partial charge in [0.25, 0.3) is 11.8 Å². The number of nitrogens with zero attached hydrogens (tertiary/aromatic N) is 1. The third-order valence-electron chi connectivity index (χ3n) is 5.39. The number of aliphatic hydroxyl groups is 2. The first-order chi connectivity index (χ1) is 16.7. The van der Waals surface area contributed by atoms with Gasteiger partial charge in [-0.25, -0.2) is 0 Å². The topological polar surface area (TPSA) is 124 Å². The first-order valence-electron chi connectivity index (χ1n) is 10.7. The number of nitrogens with one attached hydrogen (secondary N) is 1. The monoisotopic (exact) mass is 516 g/mol. The fraction of sp³-hybridized carbons (Fsp3) is 0.200. The van der Waals surface area contributed by atoms with E-state index < -0.39 is 40.9 Å². The maximum Gasteiger partial charge on any atom is 0.294 e. The van der Waals surface area contributed by atoms with Crippen molar-refractivity contribution in [3.63, 3.8) is 0 Å². The van der Waals surface area contributed by atoms with Gasteiger partial charge < -0.3 is 20.4 Å². The van der Waals surface area contributed by atoms with Crippen LogP contribution in [-0.4, -0.2) is 57.6 Å². The van der Waals surface area contributed by atoms with E-state index in [0.29, 0.717) is 12.8 Å². The lowest BCUT2D eigenvalue weighted by molar-refractivity contribution is -0.143. The van der Waals surface area contributed by atoms with Crippen LogP contribution < -0.4 is 5.32 Å². The second-order valence-corrected chi connectivity index (χ2v) is 8.60. The van der Waals surface area contributed by atoms with Gasteiger partial charge >= 0.3 is 0 Å². The van der Waals surface area contributed by atoms with E-state index in [2.05, 4.69) is 5.32 Å². The Morgan fingerprint density at radius 1 is 0.800 bits per heavy atom. The smallest absolute Gasteiger partial charge is 0.294 e. The molecule has 35 heavy (non-hydrogen) atoms. The number of likely N-dealkylation sites (tertiary alicyclic amines) is 1. The lowest BCUT2D eigenvalue weighted by atomic mass is 10.0. The summed E-state index contributed by atoms with van der Waals surface area (Å²) in [5.74, 6) is -4.39. The van der Waals surface area contributed by atoms with Crippen LogP contribution in [0.15, 0.2) is 60.7 Å². The predicted octanol–water partition coefficient (Wildman–Crippen LogP) is 3.74. The highest BCUT2D eigenvalue weighted by Crippen LogP contribution is 2.23. The van der Waals surface area contributed by atoms with Crippen LogP contribution in [0, 0.1) is 0 Å². The highest BCUT2D eigenvalue weighted by Gasteiger charge is 2.28. The molecule has 1 aliphatic rings. The zero-order valence-corrected chi connectivity index (χ0v) is 19.9. The van der Waals surface area contributed by atoms with Crippen LogP contribution in [0.2, 0.25) is 10.0 Å². The molecule has 2 amide bonds. The zero-order valence-electron chi connectivity index (χ0n) is 18.4. The van der Waals surface area contributed by atoms with Gasteiger partial charge in [0.2, 0.25) is 11.6 Å². The number of halogens is 2. The summed E-state index contributed by atoms with van der Waals surface area (Å²) in [6.07, 6.45) is 2.26. The van der Waals surface area contributed by atoms with Crippen molar-refractivity contribution >= 4 is 58.1 Å². The molecule has 182 valence electrons. The number of amides is 2. The minimum Gasteiger partial charge on any atom is -0.507 e. The summed E-state index contributed by atoms with van der Waals surface area (Å²) in [5.41, 5.74) is 0.456. The molecule has 0 atom stereocenters. The van der Waals surface area contributed by atoms with Crippen LogP contribution in [0.1, 0.15) is 24.0 Å². The molecule has 8 nitrogen and oxygen atoms in total. The third kappa shape index (κ3) is 6.71. The van der Waals surface area contributed by atoms with Crippen molar-refractivity contribution in [1.29, 1.82) is 0 Å². The maximum atomic E-state index is 12.5. The van der Waals surface area contributed by atoms with Crippen molar-refractivity contribution in [2.75, 3.05) is 13.1 Å². The number of hydrogen-bond acceptors (Lipinski definition) is 6. The van der Waals surface area contributed by atoms with Crippen LogP contribution in [0.5, 0.6) is 0 Å². The van der Waals surface area contributed by atoms with Crippen molar-refractivity contribution in [2.24, 2.45) is 0 Å². The molecule has 2 aromatic carbocycles. The number of ketones is 2. The van der Waals surface area contributed by atoms with Gasteiger partial charge in [0, 0.05) is 42.4 Å². The minimum atomic E-state index is -0.948. The van der Waals surface area contributed by atoms with Crippen LogP contribution in [0.25, 0.3) is 11.5 Å². The number of benzene rings is 2. The van der Waals surface area contributed by atoms with Gasteiger partial charge in [0.15, 0.2) is 0 Å². The molecular weight excluding hydrogens is 495 g/mol. The van der Waals surface area contributed by atoms with Gasteiger partial charge in [0.1, 0.15) is 11.5 Å². The van der Waals surface area contributed by atoms with E-state index in [1.54, 1.807) is 36.4 Å². The molecule has 0 spiro atoms. The van der Waals surface area contributed by atoms with Crippen molar-refractivity contribution in [3.8, 4) is 0 Å². The number of rotatable bonds is 7. The molecule has 0 aliphatic carbocycles. The van der Waals surface area contributed by atoms with Crippen LogP contribution in [0.3, 0.4) is 0 Å². The molecule has 0 bridgehead atoms. The standard InChI is InChI=1S/C25H22Cl2N2O6/c26-18-7-3-1-5-16(18)20(30)13-22(32)24(34)28-15-9-11-29(12-10-15)25(35)23(33)14-21(31)17-6-2-4-8-19(17)27/h1-8,13-15,30-31H,9-12H2,(H,28,34)/b20-13-,21-14-. The molecule has 0 aromatic heterocycles. The molecule has 1 aliphatic heterocycles. The van der Waals surface area contributed by atoms with E-state index in [4.69, 9.17) is 23.2 Å². The van der Waals surface area contributed by atoms with E-state index in [0.717, 1.165) is 12.2 Å². The van der Waals surface area contributed by atoms with E-state index in [9.17, 15) is 29.4 Å². The largest absolute Gasteiger partial charge is 0.507 e. The molecule has 3 rings (SSSR count). The minimum absolute atomic E-state index is 0.172. The molecule has 2 aromatic rings. The Morgan fingerprint density at radius 2 is 1.26 bits per heavy atom. The number of carbonyl (C=O) groups excluding carboxylic acids is 4. The molecule has 0 radical (unpaired) electrons. The van der Waals surface area contributed by atoms with Crippen LogP contribution in [0.4, 0.5) is 0 Å². The first kappa shape index (κ1) is 26.0. The predicted molar refractivity (Wildman–Crippen MR) is 132 cm³/mol. The first-order valence-corrected chi connectivity index (χ1v) is 11.4. The Bertz CT molecular complexity index is 1220. The van der Waals surface area contributed by atoms with Crippen LogP contribution >= 0.6 is 23.2 Å². The Kier molecular flexibility index (Phi) is 8.68. The summed E-state index contributed by atoms with van der Waals surface area (Å²) >= 11 is 12.0. The molecular formula is C25H22Cl2N2O6. The summed E-state index contributed by atoms with van der Waals surface area (Å²) in [7, 11) is 0. The summed E-state index contributed by atoms with van der Waals surface area (Å²) in [6.45, 7) is 0.343. The lowest BCUT2D eigenvalue weighted by Crippen LogP contribution is -2.49. The number of piperidine rings is 1. The Balaban J connectivity index is 1.53. The quantitative estimate of drug-likeness (QED) is 0.292. The summed E-state index contributed by atoms with van der Waals surface area (Å²) in [6, 6.07) is 12.3. The molecule has 3 N–H and O–H groups in total. The van der Waals surface area contributed by atoms with E-state index in [1.807, 2.05) is 0 Å². The van der Waals surface area contributed by atoms with Gasteiger partial charge in [-0.15, -0.1) is 0 Å². The fourth-order valence-electron chi connectivity index (χ4n) is 3.51. The van der Waals surface area contributed by atoms with Gasteiger partial charge in [-0.05, 0) is 37.1 Å². The average Bonchev–Trinajstić information content (AvgIpc) is 2.84. The lowest BCUT2D eigenvalue weighted by Gasteiger charge is -2.31. The molecule has 1 fully saturated rings. The van der Waals surface area contributed by atoms with Gasteiger partial charge in [0.05, 0.1) is 10.0 Å². The summed E-state index contributed by atoms with van der Waals surface area (Å²) < 4.78 is 0. The van der Waals surface area contributed by atoms with Crippen LogP contribution in [-0.2, 0) is 19.2 Å². The average molecular weight is 517 g/mol. The number of aliphatic hydroxyl groups excluding tert-OH is 2. The Labute approximate surface area is 211 Å². The highest BCUT2D eigenvalue weighted by molar-refractivity contribution is 6.42.